The first-order chi connectivity index (χ1) is 10.3. The number of nitrogens with one attached hydrogen (secondary N) is 1. The zero-order valence-corrected chi connectivity index (χ0v) is 13.3. The summed E-state index contributed by atoms with van der Waals surface area (Å²) in [6.45, 7) is 0. The highest BCUT2D eigenvalue weighted by molar-refractivity contribution is 9.10. The van der Waals surface area contributed by atoms with Gasteiger partial charge >= 0.3 is 0 Å². The standard InChI is InChI=1S/C16H10BrN3S/c17-11-4-5-15-14(8-11)20-16(21-15)19-13-3-1-2-10-6-7-18-9-12(10)13/h1-9H,(H,19,20). The number of nitrogens with zero attached hydrogens (tertiary/aromatic N) is 2. The molecule has 0 bridgehead atoms. The lowest BCUT2D eigenvalue weighted by molar-refractivity contribution is 1.36. The fourth-order valence-corrected chi connectivity index (χ4v) is 3.50. The SMILES string of the molecule is Brc1ccc2sc(Nc3cccc4ccncc34)nc2c1. The number of aromatic nitrogens is 2. The van der Waals surface area contributed by atoms with Crippen LogP contribution in [0.1, 0.15) is 0 Å². The fraction of sp³-hybridized carbons (Fsp3) is 0. The lowest BCUT2D eigenvalue weighted by atomic mass is 10.1. The van der Waals surface area contributed by atoms with Crippen molar-refractivity contribution < 1.29 is 0 Å². The second-order valence-electron chi connectivity index (χ2n) is 4.66. The van der Waals surface area contributed by atoms with Gasteiger partial charge in [-0.05, 0) is 35.7 Å². The largest absolute Gasteiger partial charge is 0.331 e. The number of pyridine rings is 1. The number of fused-ring (bicyclic) bond motifs is 2. The first-order valence-corrected chi connectivity index (χ1v) is 8.06. The van der Waals surface area contributed by atoms with Crippen LogP contribution in [0.3, 0.4) is 0 Å². The number of rotatable bonds is 2. The molecule has 0 aliphatic rings. The van der Waals surface area contributed by atoms with Crippen LogP contribution in [0.15, 0.2) is 59.3 Å². The molecule has 102 valence electrons. The Labute approximate surface area is 133 Å². The van der Waals surface area contributed by atoms with Crippen molar-refractivity contribution in [3.63, 3.8) is 0 Å². The van der Waals surface area contributed by atoms with E-state index in [0.29, 0.717) is 0 Å². The average molecular weight is 356 g/mol. The molecule has 3 nitrogen and oxygen atoms in total. The molecule has 2 heterocycles. The van der Waals surface area contributed by atoms with Gasteiger partial charge in [0.05, 0.1) is 10.2 Å². The number of hydrogen-bond donors (Lipinski definition) is 1. The highest BCUT2D eigenvalue weighted by Gasteiger charge is 2.06. The van der Waals surface area contributed by atoms with E-state index in [1.54, 1.807) is 17.5 Å². The molecule has 0 saturated carbocycles. The van der Waals surface area contributed by atoms with E-state index >= 15 is 0 Å². The van der Waals surface area contributed by atoms with Crippen LogP contribution in [-0.2, 0) is 0 Å². The molecule has 0 spiro atoms. The molecule has 0 unspecified atom stereocenters. The van der Waals surface area contributed by atoms with E-state index in [2.05, 4.69) is 43.3 Å². The maximum atomic E-state index is 4.63. The first-order valence-electron chi connectivity index (χ1n) is 6.45. The van der Waals surface area contributed by atoms with Crippen molar-refractivity contribution in [3.8, 4) is 0 Å². The van der Waals surface area contributed by atoms with Crippen LogP contribution in [0.25, 0.3) is 21.0 Å². The van der Waals surface area contributed by atoms with E-state index in [0.717, 1.165) is 26.2 Å². The van der Waals surface area contributed by atoms with Crippen molar-refractivity contribution in [1.29, 1.82) is 0 Å². The van der Waals surface area contributed by atoms with Gasteiger partial charge in [-0.2, -0.15) is 0 Å². The summed E-state index contributed by atoms with van der Waals surface area (Å²) in [6, 6.07) is 14.3. The number of anilines is 2. The fourth-order valence-electron chi connectivity index (χ4n) is 2.29. The van der Waals surface area contributed by atoms with Gasteiger partial charge in [0.2, 0.25) is 0 Å². The molecule has 0 saturated heterocycles. The Morgan fingerprint density at radius 1 is 1.10 bits per heavy atom. The van der Waals surface area contributed by atoms with Crippen molar-refractivity contribution in [3.05, 3.63) is 59.3 Å². The summed E-state index contributed by atoms with van der Waals surface area (Å²) in [7, 11) is 0. The monoisotopic (exact) mass is 355 g/mol. The smallest absolute Gasteiger partial charge is 0.188 e. The van der Waals surface area contributed by atoms with Crippen LogP contribution in [0.4, 0.5) is 10.8 Å². The Morgan fingerprint density at radius 2 is 2.05 bits per heavy atom. The second-order valence-corrected chi connectivity index (χ2v) is 6.60. The third-order valence-electron chi connectivity index (χ3n) is 3.27. The zero-order valence-electron chi connectivity index (χ0n) is 10.9. The van der Waals surface area contributed by atoms with Gasteiger partial charge in [0.15, 0.2) is 5.13 Å². The summed E-state index contributed by atoms with van der Waals surface area (Å²) in [5, 5.41) is 6.56. The molecule has 4 aromatic rings. The topological polar surface area (TPSA) is 37.8 Å². The van der Waals surface area contributed by atoms with Gasteiger partial charge in [-0.1, -0.05) is 39.4 Å². The van der Waals surface area contributed by atoms with Gasteiger partial charge in [0.1, 0.15) is 0 Å². The van der Waals surface area contributed by atoms with Crippen molar-refractivity contribution >= 4 is 59.1 Å². The summed E-state index contributed by atoms with van der Waals surface area (Å²) in [5.74, 6) is 0. The second kappa shape index (κ2) is 5.09. The quantitative estimate of drug-likeness (QED) is 0.526. The maximum absolute atomic E-state index is 4.63. The summed E-state index contributed by atoms with van der Waals surface area (Å²) in [4.78, 5) is 8.84. The average Bonchev–Trinajstić information content (AvgIpc) is 2.89. The summed E-state index contributed by atoms with van der Waals surface area (Å²) in [5.41, 5.74) is 2.02. The molecule has 0 aliphatic heterocycles. The molecular formula is C16H10BrN3S. The minimum atomic E-state index is 0.888. The third-order valence-corrected chi connectivity index (χ3v) is 4.72. The highest BCUT2D eigenvalue weighted by atomic mass is 79.9. The Morgan fingerprint density at radius 3 is 3.00 bits per heavy atom. The molecule has 1 N–H and O–H groups in total. The first kappa shape index (κ1) is 12.7. The highest BCUT2D eigenvalue weighted by Crippen LogP contribution is 2.32. The predicted octanol–water partition coefficient (Wildman–Crippen LogP) is 5.35. The Kier molecular flexibility index (Phi) is 3.09. The number of halogens is 1. The molecule has 0 radical (unpaired) electrons. The van der Waals surface area contributed by atoms with Crippen LogP contribution in [0.5, 0.6) is 0 Å². The molecule has 0 atom stereocenters. The molecule has 5 heteroatoms. The van der Waals surface area contributed by atoms with Gasteiger partial charge in [0, 0.05) is 27.9 Å². The summed E-state index contributed by atoms with van der Waals surface area (Å²) >= 11 is 5.12. The van der Waals surface area contributed by atoms with E-state index in [9.17, 15) is 0 Å². The van der Waals surface area contributed by atoms with Gasteiger partial charge in [0.25, 0.3) is 0 Å². The lowest BCUT2D eigenvalue weighted by Crippen LogP contribution is -1.90. The zero-order chi connectivity index (χ0) is 14.2. The molecule has 0 fully saturated rings. The minimum absolute atomic E-state index is 0.888. The number of thiazole rings is 1. The Hall–Kier alpha value is -1.98. The van der Waals surface area contributed by atoms with E-state index in [1.807, 2.05) is 36.5 Å². The predicted molar refractivity (Wildman–Crippen MR) is 92.3 cm³/mol. The lowest BCUT2D eigenvalue weighted by Gasteiger charge is -2.06. The minimum Gasteiger partial charge on any atom is -0.331 e. The summed E-state index contributed by atoms with van der Waals surface area (Å²) < 4.78 is 2.21. The van der Waals surface area contributed by atoms with Gasteiger partial charge < -0.3 is 5.32 Å². The molecule has 4 rings (SSSR count). The molecule has 0 aliphatic carbocycles. The van der Waals surface area contributed by atoms with Gasteiger partial charge in [-0.25, -0.2) is 4.98 Å². The Bertz CT molecular complexity index is 943. The van der Waals surface area contributed by atoms with Crippen molar-refractivity contribution in [2.24, 2.45) is 0 Å². The van der Waals surface area contributed by atoms with Crippen molar-refractivity contribution in [2.45, 2.75) is 0 Å². The van der Waals surface area contributed by atoms with Crippen LogP contribution < -0.4 is 5.32 Å². The van der Waals surface area contributed by atoms with E-state index in [-0.39, 0.29) is 0 Å². The molecule has 0 amide bonds. The van der Waals surface area contributed by atoms with E-state index in [1.165, 1.54) is 10.1 Å². The molecule has 21 heavy (non-hydrogen) atoms. The molecule has 2 aromatic heterocycles. The maximum Gasteiger partial charge on any atom is 0.188 e. The van der Waals surface area contributed by atoms with Crippen LogP contribution in [0.2, 0.25) is 0 Å². The van der Waals surface area contributed by atoms with Crippen LogP contribution in [0, 0.1) is 0 Å². The van der Waals surface area contributed by atoms with Gasteiger partial charge in [-0.15, -0.1) is 0 Å². The van der Waals surface area contributed by atoms with Gasteiger partial charge in [-0.3, -0.25) is 4.98 Å². The summed E-state index contributed by atoms with van der Waals surface area (Å²) in [6.07, 6.45) is 3.68. The van der Waals surface area contributed by atoms with Crippen LogP contribution in [-0.4, -0.2) is 9.97 Å². The number of hydrogen-bond acceptors (Lipinski definition) is 4. The Balaban J connectivity index is 1.79. The van der Waals surface area contributed by atoms with Crippen LogP contribution >= 0.6 is 27.3 Å². The molecular weight excluding hydrogens is 346 g/mol. The molecule has 2 aromatic carbocycles. The van der Waals surface area contributed by atoms with Crippen molar-refractivity contribution in [2.75, 3.05) is 5.32 Å². The third kappa shape index (κ3) is 2.39. The van der Waals surface area contributed by atoms with E-state index in [4.69, 9.17) is 0 Å². The number of benzene rings is 2. The normalized spacial score (nSPS) is 11.1. The van der Waals surface area contributed by atoms with E-state index < -0.39 is 0 Å². The van der Waals surface area contributed by atoms with Crippen molar-refractivity contribution in [1.82, 2.24) is 9.97 Å².